The van der Waals surface area contributed by atoms with Crippen LogP contribution in [0.3, 0.4) is 0 Å². The number of hydrogen-bond acceptors (Lipinski definition) is 5. The third-order valence-electron chi connectivity index (χ3n) is 3.56. The molecule has 0 fully saturated rings. The third-order valence-corrected chi connectivity index (χ3v) is 3.56. The van der Waals surface area contributed by atoms with Crippen LogP contribution >= 0.6 is 0 Å². The Labute approximate surface area is 150 Å². The van der Waals surface area contributed by atoms with E-state index in [0.29, 0.717) is 28.4 Å². The molecule has 0 unspecified atom stereocenters. The number of carbonyl (C=O) groups is 2. The van der Waals surface area contributed by atoms with Gasteiger partial charge in [0.05, 0.1) is 24.6 Å². The molecule has 0 spiro atoms. The van der Waals surface area contributed by atoms with E-state index in [9.17, 15) is 9.59 Å². The summed E-state index contributed by atoms with van der Waals surface area (Å²) in [5, 5.41) is 5.42. The third kappa shape index (κ3) is 4.02. The smallest absolute Gasteiger partial charge is 0.260 e. The number of aromatic nitrogens is 2. The summed E-state index contributed by atoms with van der Waals surface area (Å²) in [4.78, 5) is 32.4. The Balaban J connectivity index is 1.66. The van der Waals surface area contributed by atoms with Crippen molar-refractivity contribution in [1.82, 2.24) is 9.97 Å². The highest BCUT2D eigenvalue weighted by Gasteiger charge is 2.12. The summed E-state index contributed by atoms with van der Waals surface area (Å²) in [6.45, 7) is 0. The molecule has 0 saturated carbocycles. The fourth-order valence-electron chi connectivity index (χ4n) is 2.26. The molecule has 3 aromatic rings. The number of ether oxygens (including phenoxy) is 1. The molecular formula is C19H16N4O3. The number of nitrogens with one attached hydrogen (secondary N) is 2. The molecule has 2 amide bonds. The highest BCUT2D eigenvalue weighted by atomic mass is 16.5. The number of nitrogens with zero attached hydrogens (tertiary/aromatic N) is 2. The van der Waals surface area contributed by atoms with E-state index in [4.69, 9.17) is 4.74 Å². The van der Waals surface area contributed by atoms with Crippen LogP contribution in [0.25, 0.3) is 0 Å². The summed E-state index contributed by atoms with van der Waals surface area (Å²) in [5.74, 6) is 0.248. The van der Waals surface area contributed by atoms with E-state index < -0.39 is 0 Å². The van der Waals surface area contributed by atoms with Gasteiger partial charge >= 0.3 is 0 Å². The first-order chi connectivity index (χ1) is 12.7. The average Bonchev–Trinajstić information content (AvgIpc) is 2.70. The minimum absolute atomic E-state index is 0.264. The first-order valence-corrected chi connectivity index (χ1v) is 7.79. The molecule has 2 aromatic heterocycles. The highest BCUT2D eigenvalue weighted by molar-refractivity contribution is 6.06. The van der Waals surface area contributed by atoms with Crippen LogP contribution in [0.2, 0.25) is 0 Å². The lowest BCUT2D eigenvalue weighted by atomic mass is 10.2. The van der Waals surface area contributed by atoms with Gasteiger partial charge < -0.3 is 15.4 Å². The van der Waals surface area contributed by atoms with E-state index >= 15 is 0 Å². The van der Waals surface area contributed by atoms with Crippen LogP contribution in [0.4, 0.5) is 11.5 Å². The molecule has 2 N–H and O–H groups in total. The minimum Gasteiger partial charge on any atom is -0.496 e. The molecule has 7 nitrogen and oxygen atoms in total. The second-order valence-corrected chi connectivity index (χ2v) is 5.28. The van der Waals surface area contributed by atoms with Gasteiger partial charge in [0.2, 0.25) is 0 Å². The van der Waals surface area contributed by atoms with Crippen molar-refractivity contribution in [3.05, 3.63) is 78.2 Å². The van der Waals surface area contributed by atoms with Crippen molar-refractivity contribution in [1.29, 1.82) is 0 Å². The number of para-hydroxylation sites is 1. The van der Waals surface area contributed by atoms with E-state index in [-0.39, 0.29) is 11.8 Å². The summed E-state index contributed by atoms with van der Waals surface area (Å²) in [7, 11) is 1.50. The highest BCUT2D eigenvalue weighted by Crippen LogP contribution is 2.19. The molecule has 1 aromatic carbocycles. The van der Waals surface area contributed by atoms with Crippen LogP contribution in [0.15, 0.2) is 67.1 Å². The number of benzene rings is 1. The van der Waals surface area contributed by atoms with Gasteiger partial charge in [-0.25, -0.2) is 4.98 Å². The molecule has 3 rings (SSSR count). The number of carbonyl (C=O) groups excluding carboxylic acids is 2. The largest absolute Gasteiger partial charge is 0.496 e. The Hall–Kier alpha value is -3.74. The Morgan fingerprint density at radius 2 is 1.69 bits per heavy atom. The van der Waals surface area contributed by atoms with E-state index in [1.807, 2.05) is 0 Å². The topological polar surface area (TPSA) is 93.2 Å². The summed E-state index contributed by atoms with van der Waals surface area (Å²) in [6, 6.07) is 13.4. The number of amides is 2. The Morgan fingerprint density at radius 1 is 0.923 bits per heavy atom. The SMILES string of the molecule is COc1ccccc1C(=O)Nc1ccc(NC(=O)c2ccncc2)cn1. The van der Waals surface area contributed by atoms with Crippen LogP contribution in [0.5, 0.6) is 5.75 Å². The number of pyridine rings is 2. The zero-order chi connectivity index (χ0) is 18.4. The quantitative estimate of drug-likeness (QED) is 0.739. The van der Waals surface area contributed by atoms with Gasteiger partial charge in [-0.2, -0.15) is 0 Å². The van der Waals surface area contributed by atoms with Crippen LogP contribution in [-0.2, 0) is 0 Å². The average molecular weight is 348 g/mol. The van der Waals surface area contributed by atoms with Crippen molar-refractivity contribution >= 4 is 23.3 Å². The predicted octanol–water partition coefficient (Wildman–Crippen LogP) is 2.99. The van der Waals surface area contributed by atoms with Crippen molar-refractivity contribution in [3.63, 3.8) is 0 Å². The molecule has 0 saturated heterocycles. The molecule has 0 aliphatic rings. The summed E-state index contributed by atoms with van der Waals surface area (Å²) in [6.07, 6.45) is 4.56. The van der Waals surface area contributed by atoms with Crippen LogP contribution < -0.4 is 15.4 Å². The fraction of sp³-hybridized carbons (Fsp3) is 0.0526. The Morgan fingerprint density at radius 3 is 2.38 bits per heavy atom. The predicted molar refractivity (Wildman–Crippen MR) is 97.4 cm³/mol. The lowest BCUT2D eigenvalue weighted by Gasteiger charge is -2.09. The van der Waals surface area contributed by atoms with E-state index in [1.54, 1.807) is 60.9 Å². The van der Waals surface area contributed by atoms with Gasteiger partial charge in [-0.05, 0) is 36.4 Å². The molecule has 0 aliphatic carbocycles. The van der Waals surface area contributed by atoms with Crippen molar-refractivity contribution in [3.8, 4) is 5.75 Å². The zero-order valence-electron chi connectivity index (χ0n) is 14.0. The van der Waals surface area contributed by atoms with E-state index in [2.05, 4.69) is 20.6 Å². The lowest BCUT2D eigenvalue weighted by Crippen LogP contribution is -2.15. The first kappa shape index (κ1) is 17.1. The van der Waals surface area contributed by atoms with Gasteiger partial charge in [0.25, 0.3) is 11.8 Å². The van der Waals surface area contributed by atoms with Gasteiger partial charge in [-0.3, -0.25) is 14.6 Å². The Kier molecular flexibility index (Phi) is 5.19. The monoisotopic (exact) mass is 348 g/mol. The maximum Gasteiger partial charge on any atom is 0.260 e. The summed E-state index contributed by atoms with van der Waals surface area (Å²) in [5.41, 5.74) is 1.42. The molecule has 130 valence electrons. The molecular weight excluding hydrogens is 332 g/mol. The van der Waals surface area contributed by atoms with E-state index in [0.717, 1.165) is 0 Å². The van der Waals surface area contributed by atoms with Crippen LogP contribution in [0, 0.1) is 0 Å². The fourth-order valence-corrected chi connectivity index (χ4v) is 2.26. The zero-order valence-corrected chi connectivity index (χ0v) is 14.0. The molecule has 0 atom stereocenters. The molecule has 0 radical (unpaired) electrons. The van der Waals surface area contributed by atoms with Crippen molar-refractivity contribution in [2.75, 3.05) is 17.7 Å². The van der Waals surface area contributed by atoms with Gasteiger partial charge in [0.15, 0.2) is 0 Å². The molecule has 0 bridgehead atoms. The van der Waals surface area contributed by atoms with Gasteiger partial charge in [-0.1, -0.05) is 12.1 Å². The normalized spacial score (nSPS) is 10.0. The maximum absolute atomic E-state index is 12.3. The molecule has 26 heavy (non-hydrogen) atoms. The second kappa shape index (κ2) is 7.89. The molecule has 0 aliphatic heterocycles. The van der Waals surface area contributed by atoms with Crippen molar-refractivity contribution in [2.24, 2.45) is 0 Å². The molecule has 7 heteroatoms. The van der Waals surface area contributed by atoms with Crippen molar-refractivity contribution < 1.29 is 14.3 Å². The number of rotatable bonds is 5. The van der Waals surface area contributed by atoms with E-state index in [1.165, 1.54) is 13.3 Å². The lowest BCUT2D eigenvalue weighted by molar-refractivity contribution is 0.101. The van der Waals surface area contributed by atoms with Crippen LogP contribution in [-0.4, -0.2) is 28.9 Å². The van der Waals surface area contributed by atoms with Crippen LogP contribution in [0.1, 0.15) is 20.7 Å². The summed E-state index contributed by atoms with van der Waals surface area (Å²) < 4.78 is 5.18. The minimum atomic E-state index is -0.330. The number of hydrogen-bond donors (Lipinski definition) is 2. The Bertz CT molecular complexity index is 912. The van der Waals surface area contributed by atoms with Gasteiger partial charge in [0.1, 0.15) is 11.6 Å². The summed E-state index contributed by atoms with van der Waals surface area (Å²) >= 11 is 0. The molecule has 2 heterocycles. The first-order valence-electron chi connectivity index (χ1n) is 7.79. The maximum atomic E-state index is 12.3. The van der Waals surface area contributed by atoms with Gasteiger partial charge in [0, 0.05) is 18.0 Å². The standard InChI is InChI=1S/C19H16N4O3/c1-26-16-5-3-2-4-15(16)19(25)23-17-7-6-14(12-21-17)22-18(24)13-8-10-20-11-9-13/h2-12H,1H3,(H,22,24)(H,21,23,25). The number of anilines is 2. The van der Waals surface area contributed by atoms with Gasteiger partial charge in [-0.15, -0.1) is 0 Å². The second-order valence-electron chi connectivity index (χ2n) is 5.28. The number of methoxy groups -OCH3 is 1. The van der Waals surface area contributed by atoms with Crippen molar-refractivity contribution in [2.45, 2.75) is 0 Å².